The van der Waals surface area contributed by atoms with E-state index in [1.54, 1.807) is 0 Å². The van der Waals surface area contributed by atoms with Crippen LogP contribution in [-0.4, -0.2) is 47.4 Å². The third-order valence-electron chi connectivity index (χ3n) is 6.39. The van der Waals surface area contributed by atoms with Gasteiger partial charge >= 0.3 is 0 Å². The van der Waals surface area contributed by atoms with Gasteiger partial charge in [-0.2, -0.15) is 5.48 Å². The Kier molecular flexibility index (Phi) is 5.69. The molecule has 31 heavy (non-hydrogen) atoms. The second-order valence-electron chi connectivity index (χ2n) is 8.73. The number of fused-ring (bicyclic) bond motifs is 3. The van der Waals surface area contributed by atoms with Crippen LogP contribution in [-0.2, 0) is 19.2 Å². The molecule has 3 N–H and O–H groups in total. The SMILES string of the molecule is CC1CC(C(=O)NC23CCC(NC(=O)COc4ccc(F)c(F)c4)(CC2)C(=O)C3)ON1. The molecule has 4 fully saturated rings. The van der Waals surface area contributed by atoms with Crippen LogP contribution in [0.5, 0.6) is 5.75 Å². The van der Waals surface area contributed by atoms with E-state index in [1.165, 1.54) is 6.07 Å². The number of amides is 2. The van der Waals surface area contributed by atoms with Gasteiger partial charge in [-0.1, -0.05) is 0 Å². The average Bonchev–Trinajstić information content (AvgIpc) is 3.17. The molecule has 1 heterocycles. The van der Waals surface area contributed by atoms with Crippen molar-refractivity contribution in [3.8, 4) is 5.75 Å². The Morgan fingerprint density at radius 2 is 1.94 bits per heavy atom. The molecule has 0 radical (unpaired) electrons. The summed E-state index contributed by atoms with van der Waals surface area (Å²) in [6.45, 7) is 1.50. The molecule has 5 rings (SSSR count). The van der Waals surface area contributed by atoms with Gasteiger partial charge in [-0.15, -0.1) is 0 Å². The minimum atomic E-state index is -1.07. The number of Topliss-reactive ketones (excluding diaryl/α,β-unsaturated/α-hetero) is 1. The molecule has 2 atom stereocenters. The summed E-state index contributed by atoms with van der Waals surface area (Å²) in [6.07, 6.45) is 2.05. The Morgan fingerprint density at radius 3 is 2.55 bits per heavy atom. The minimum Gasteiger partial charge on any atom is -0.484 e. The molecule has 1 aromatic carbocycles. The Morgan fingerprint density at radius 1 is 1.19 bits per heavy atom. The van der Waals surface area contributed by atoms with E-state index in [2.05, 4.69) is 16.1 Å². The quantitative estimate of drug-likeness (QED) is 0.619. The van der Waals surface area contributed by atoms with E-state index in [1.807, 2.05) is 6.92 Å². The first-order valence-corrected chi connectivity index (χ1v) is 10.4. The number of carbonyl (C=O) groups excluding carboxylic acids is 3. The fourth-order valence-corrected chi connectivity index (χ4v) is 4.59. The molecule has 1 saturated heterocycles. The van der Waals surface area contributed by atoms with Crippen molar-refractivity contribution in [2.24, 2.45) is 0 Å². The van der Waals surface area contributed by atoms with Gasteiger partial charge in [-0.05, 0) is 44.7 Å². The molecule has 1 aromatic rings. The molecular formula is C21H25F2N3O5. The largest absolute Gasteiger partial charge is 0.484 e. The highest BCUT2D eigenvalue weighted by Crippen LogP contribution is 2.45. The summed E-state index contributed by atoms with van der Waals surface area (Å²) in [5.74, 6) is -2.95. The number of carbonyl (C=O) groups is 3. The monoisotopic (exact) mass is 437 g/mol. The van der Waals surface area contributed by atoms with Crippen LogP contribution in [0.3, 0.4) is 0 Å². The summed E-state index contributed by atoms with van der Waals surface area (Å²) >= 11 is 0. The number of ketones is 1. The molecule has 8 nitrogen and oxygen atoms in total. The minimum absolute atomic E-state index is 0.0184. The molecule has 10 heteroatoms. The smallest absolute Gasteiger partial charge is 0.258 e. The Bertz CT molecular complexity index is 901. The van der Waals surface area contributed by atoms with Crippen LogP contribution in [0.1, 0.15) is 45.4 Å². The van der Waals surface area contributed by atoms with Crippen molar-refractivity contribution in [3.05, 3.63) is 29.8 Å². The highest BCUT2D eigenvalue weighted by molar-refractivity contribution is 5.96. The van der Waals surface area contributed by atoms with E-state index in [0.29, 0.717) is 32.1 Å². The third kappa shape index (κ3) is 4.40. The first kappa shape index (κ1) is 21.6. The predicted molar refractivity (Wildman–Crippen MR) is 104 cm³/mol. The van der Waals surface area contributed by atoms with Gasteiger partial charge < -0.3 is 15.4 Å². The predicted octanol–water partition coefficient (Wildman–Crippen LogP) is 1.28. The van der Waals surface area contributed by atoms with E-state index in [-0.39, 0.29) is 29.9 Å². The van der Waals surface area contributed by atoms with Crippen molar-refractivity contribution in [2.45, 2.75) is 68.7 Å². The lowest BCUT2D eigenvalue weighted by molar-refractivity contribution is -0.145. The number of benzene rings is 1. The summed E-state index contributed by atoms with van der Waals surface area (Å²) in [6, 6.07) is 3.07. The number of hydrogen-bond acceptors (Lipinski definition) is 6. The highest BCUT2D eigenvalue weighted by atomic mass is 19.2. The standard InChI is InChI=1S/C21H25F2N3O5/c1-12-8-16(31-26-12)19(29)25-20-4-6-21(7-5-20,17(27)10-20)24-18(28)11-30-13-2-3-14(22)15(23)9-13/h2-3,9,12,16,26H,4-8,10-11H2,1H3,(H,24,28)(H,25,29). The van der Waals surface area contributed by atoms with Crippen LogP contribution < -0.4 is 20.9 Å². The van der Waals surface area contributed by atoms with Crippen molar-refractivity contribution in [1.29, 1.82) is 0 Å². The molecular weight excluding hydrogens is 412 g/mol. The van der Waals surface area contributed by atoms with Gasteiger partial charge in [-0.25, -0.2) is 8.78 Å². The van der Waals surface area contributed by atoms with E-state index >= 15 is 0 Å². The number of nitrogens with one attached hydrogen (secondary N) is 3. The molecule has 3 saturated carbocycles. The van der Waals surface area contributed by atoms with Crippen LogP contribution >= 0.6 is 0 Å². The zero-order valence-electron chi connectivity index (χ0n) is 17.1. The zero-order valence-corrected chi connectivity index (χ0v) is 17.1. The first-order valence-electron chi connectivity index (χ1n) is 10.4. The lowest BCUT2D eigenvalue weighted by Crippen LogP contribution is -2.69. The van der Waals surface area contributed by atoms with Crippen molar-refractivity contribution >= 4 is 17.6 Å². The number of rotatable bonds is 6. The fourth-order valence-electron chi connectivity index (χ4n) is 4.59. The number of ether oxygens (including phenoxy) is 1. The maximum atomic E-state index is 13.3. The molecule has 0 spiro atoms. The van der Waals surface area contributed by atoms with Crippen LogP contribution in [0, 0.1) is 11.6 Å². The lowest BCUT2D eigenvalue weighted by Gasteiger charge is -2.52. The van der Waals surface area contributed by atoms with Crippen molar-refractivity contribution in [1.82, 2.24) is 16.1 Å². The van der Waals surface area contributed by atoms with Gasteiger partial charge in [0.1, 0.15) is 5.75 Å². The van der Waals surface area contributed by atoms with Crippen LogP contribution in [0.25, 0.3) is 0 Å². The second kappa shape index (κ2) is 8.16. The highest BCUT2D eigenvalue weighted by Gasteiger charge is 2.55. The van der Waals surface area contributed by atoms with E-state index in [4.69, 9.17) is 9.57 Å². The molecule has 168 valence electrons. The van der Waals surface area contributed by atoms with Crippen molar-refractivity contribution < 1.29 is 32.7 Å². The van der Waals surface area contributed by atoms with E-state index in [0.717, 1.165) is 12.1 Å². The summed E-state index contributed by atoms with van der Waals surface area (Å²) in [4.78, 5) is 43.1. The van der Waals surface area contributed by atoms with Crippen molar-refractivity contribution in [3.63, 3.8) is 0 Å². The topological polar surface area (TPSA) is 106 Å². The Hall–Kier alpha value is -2.59. The normalized spacial score (nSPS) is 32.0. The number of hydroxylamine groups is 1. The Labute approximate surface area is 178 Å². The van der Waals surface area contributed by atoms with E-state index in [9.17, 15) is 23.2 Å². The van der Waals surface area contributed by atoms with Crippen LogP contribution in [0.2, 0.25) is 0 Å². The van der Waals surface area contributed by atoms with Crippen LogP contribution in [0.4, 0.5) is 8.78 Å². The molecule has 0 aromatic heterocycles. The summed E-state index contributed by atoms with van der Waals surface area (Å²) in [7, 11) is 0. The first-order chi connectivity index (χ1) is 14.7. The average molecular weight is 437 g/mol. The third-order valence-corrected chi connectivity index (χ3v) is 6.39. The zero-order chi connectivity index (χ0) is 22.2. The number of hydrogen-bond donors (Lipinski definition) is 3. The van der Waals surface area contributed by atoms with Gasteiger partial charge in [-0.3, -0.25) is 19.2 Å². The summed E-state index contributed by atoms with van der Waals surface area (Å²) in [5.41, 5.74) is 1.17. The molecule has 1 aliphatic heterocycles. The number of halogens is 2. The van der Waals surface area contributed by atoms with Gasteiger partial charge in [0.15, 0.2) is 30.1 Å². The summed E-state index contributed by atoms with van der Waals surface area (Å²) in [5, 5.41) is 5.78. The molecule has 2 amide bonds. The van der Waals surface area contributed by atoms with Gasteiger partial charge in [0.05, 0.1) is 5.54 Å². The van der Waals surface area contributed by atoms with Gasteiger partial charge in [0.25, 0.3) is 11.8 Å². The maximum absolute atomic E-state index is 13.3. The molecule has 3 aliphatic carbocycles. The lowest BCUT2D eigenvalue weighted by atomic mass is 9.60. The van der Waals surface area contributed by atoms with Gasteiger partial charge in [0.2, 0.25) is 0 Å². The fraction of sp³-hybridized carbons (Fsp3) is 0.571. The molecule has 4 aliphatic rings. The Balaban J connectivity index is 1.32. The molecule has 2 unspecified atom stereocenters. The van der Waals surface area contributed by atoms with Gasteiger partial charge in [0, 0.05) is 30.5 Å². The maximum Gasteiger partial charge on any atom is 0.258 e. The summed E-state index contributed by atoms with van der Waals surface area (Å²) < 4.78 is 31.4. The second-order valence-corrected chi connectivity index (χ2v) is 8.73. The molecule has 2 bridgehead atoms. The van der Waals surface area contributed by atoms with Crippen molar-refractivity contribution in [2.75, 3.05) is 6.61 Å². The van der Waals surface area contributed by atoms with Crippen LogP contribution in [0.15, 0.2) is 18.2 Å². The van der Waals surface area contributed by atoms with E-state index < -0.39 is 41.3 Å².